The van der Waals surface area contributed by atoms with Crippen LogP contribution >= 0.6 is 0 Å². The van der Waals surface area contributed by atoms with E-state index in [-0.39, 0.29) is 22.4 Å². The maximum Gasteiger partial charge on any atom is 0.123 e. The Balaban J connectivity index is 0.000000480. The molecule has 0 heterocycles. The molecule has 0 fully saturated rings. The Kier molecular flexibility index (Phi) is 14.7. The quantitative estimate of drug-likeness (QED) is 0.162. The van der Waals surface area contributed by atoms with Gasteiger partial charge in [-0.2, -0.15) is 0 Å². The van der Waals surface area contributed by atoms with E-state index in [0.717, 1.165) is 22.3 Å². The third-order valence-electron chi connectivity index (χ3n) is 6.51. The summed E-state index contributed by atoms with van der Waals surface area (Å²) >= 11 is 0. The summed E-state index contributed by atoms with van der Waals surface area (Å²) in [5.41, 5.74) is 0.274. The zero-order chi connectivity index (χ0) is 37.6. The van der Waals surface area contributed by atoms with E-state index in [1.807, 2.05) is 175 Å². The molecule has 48 heavy (non-hydrogen) atoms. The molecular formula is C40H68O8. The second-order valence-corrected chi connectivity index (χ2v) is 18.3. The Morgan fingerprint density at radius 1 is 0.271 bits per heavy atom. The third-order valence-corrected chi connectivity index (χ3v) is 6.51. The molecule has 0 saturated heterocycles. The second-order valence-electron chi connectivity index (χ2n) is 18.3. The van der Waals surface area contributed by atoms with Crippen molar-refractivity contribution in [2.24, 2.45) is 0 Å². The summed E-state index contributed by atoms with van der Waals surface area (Å²) in [6, 6.07) is 16.2. The summed E-state index contributed by atoms with van der Waals surface area (Å²) in [6.07, 6.45) is 0. The standard InChI is InChI=1S/2C20H34O4/c2*1-17(2,3)21-23-19(7,8)15-12-11-13-16(14-15)20(9,10)24-22-18(4,5)6/h2*11-14H,1-10H3. The molecular weight excluding hydrogens is 608 g/mol. The molecule has 0 unspecified atom stereocenters. The van der Waals surface area contributed by atoms with Gasteiger partial charge >= 0.3 is 0 Å². The molecule has 0 spiro atoms. The number of hydrogen-bond donors (Lipinski definition) is 0. The fourth-order valence-electron chi connectivity index (χ4n) is 3.65. The maximum atomic E-state index is 5.69. The van der Waals surface area contributed by atoms with Gasteiger partial charge in [0.15, 0.2) is 0 Å². The first kappa shape index (κ1) is 44.1. The summed E-state index contributed by atoms with van der Waals surface area (Å²) in [5.74, 6) is 0. The van der Waals surface area contributed by atoms with Crippen molar-refractivity contribution in [2.45, 2.75) is 183 Å². The van der Waals surface area contributed by atoms with Crippen molar-refractivity contribution >= 4 is 0 Å². The summed E-state index contributed by atoms with van der Waals surface area (Å²) in [6.45, 7) is 39.4. The molecule has 2 aromatic carbocycles. The normalized spacial score (nSPS) is 14.1. The smallest absolute Gasteiger partial charge is 0.123 e. The van der Waals surface area contributed by atoms with Crippen LogP contribution in [0, 0.1) is 0 Å². The summed E-state index contributed by atoms with van der Waals surface area (Å²) in [4.78, 5) is 44.8. The summed E-state index contributed by atoms with van der Waals surface area (Å²) < 4.78 is 0. The highest BCUT2D eigenvalue weighted by Crippen LogP contribution is 2.34. The molecule has 2 aromatic rings. The lowest BCUT2D eigenvalue weighted by Crippen LogP contribution is -2.31. The minimum absolute atomic E-state index is 0.363. The van der Waals surface area contributed by atoms with Crippen molar-refractivity contribution in [3.05, 3.63) is 70.8 Å². The zero-order valence-electron chi connectivity index (χ0n) is 33.9. The Morgan fingerprint density at radius 2 is 0.438 bits per heavy atom. The van der Waals surface area contributed by atoms with Crippen LogP contribution in [0.15, 0.2) is 48.5 Å². The largest absolute Gasteiger partial charge is 0.230 e. The lowest BCUT2D eigenvalue weighted by molar-refractivity contribution is -0.403. The predicted molar refractivity (Wildman–Crippen MR) is 193 cm³/mol. The molecule has 0 saturated carbocycles. The van der Waals surface area contributed by atoms with Crippen LogP contribution in [-0.2, 0) is 61.5 Å². The van der Waals surface area contributed by atoms with Gasteiger partial charge < -0.3 is 0 Å². The molecule has 0 aliphatic rings. The molecule has 8 nitrogen and oxygen atoms in total. The van der Waals surface area contributed by atoms with Crippen LogP contribution in [-0.4, -0.2) is 22.4 Å². The van der Waals surface area contributed by atoms with Gasteiger partial charge in [0.05, 0.1) is 22.4 Å². The minimum Gasteiger partial charge on any atom is -0.230 e. The van der Waals surface area contributed by atoms with Crippen LogP contribution in [0.2, 0.25) is 0 Å². The third kappa shape index (κ3) is 16.7. The maximum absolute atomic E-state index is 5.69. The van der Waals surface area contributed by atoms with Gasteiger partial charge in [0.25, 0.3) is 0 Å². The molecule has 0 N–H and O–H groups in total. The molecule has 0 aromatic heterocycles. The molecule has 0 aliphatic heterocycles. The van der Waals surface area contributed by atoms with Gasteiger partial charge in [0.2, 0.25) is 0 Å². The van der Waals surface area contributed by atoms with E-state index in [1.54, 1.807) is 0 Å². The lowest BCUT2D eigenvalue weighted by Gasteiger charge is -2.32. The van der Waals surface area contributed by atoms with E-state index in [9.17, 15) is 0 Å². The van der Waals surface area contributed by atoms with Gasteiger partial charge in [-0.15, -0.1) is 0 Å². The molecule has 0 aliphatic carbocycles. The number of benzene rings is 2. The van der Waals surface area contributed by atoms with Crippen LogP contribution in [0.4, 0.5) is 0 Å². The molecule has 0 radical (unpaired) electrons. The Morgan fingerprint density at radius 3 is 0.583 bits per heavy atom. The fourth-order valence-corrected chi connectivity index (χ4v) is 3.65. The van der Waals surface area contributed by atoms with Crippen molar-refractivity contribution in [1.82, 2.24) is 0 Å². The molecule has 276 valence electrons. The minimum atomic E-state index is -0.579. The van der Waals surface area contributed by atoms with Gasteiger partial charge in [0, 0.05) is 0 Å². The van der Waals surface area contributed by atoms with E-state index in [1.165, 1.54) is 0 Å². The van der Waals surface area contributed by atoms with Crippen molar-refractivity contribution in [1.29, 1.82) is 0 Å². The van der Waals surface area contributed by atoms with E-state index >= 15 is 0 Å². The highest BCUT2D eigenvalue weighted by atomic mass is 17.2. The molecule has 8 heteroatoms. The van der Waals surface area contributed by atoms with Gasteiger partial charge in [-0.25, -0.2) is 39.1 Å². The summed E-state index contributed by atoms with van der Waals surface area (Å²) in [5, 5.41) is 0. The van der Waals surface area contributed by atoms with Gasteiger partial charge in [0.1, 0.15) is 22.4 Å². The fraction of sp³-hybridized carbons (Fsp3) is 0.700. The van der Waals surface area contributed by atoms with E-state index in [4.69, 9.17) is 39.1 Å². The van der Waals surface area contributed by atoms with Crippen LogP contribution < -0.4 is 0 Å². The average Bonchev–Trinajstić information content (AvgIpc) is 2.92. The SMILES string of the molecule is CC(C)(C)OOC(C)(C)c1cccc(C(C)(C)OOC(C)(C)C)c1.CC(C)(C)OOC(C)(C)c1cccc(C(C)(C)OOC(C)(C)C)c1. The lowest BCUT2D eigenvalue weighted by atomic mass is 9.91. The molecule has 0 amide bonds. The first-order valence-electron chi connectivity index (χ1n) is 16.9. The second kappa shape index (κ2) is 16.0. The van der Waals surface area contributed by atoms with Crippen LogP contribution in [0.5, 0.6) is 0 Å². The first-order valence-corrected chi connectivity index (χ1v) is 16.9. The number of rotatable bonds is 12. The van der Waals surface area contributed by atoms with E-state index < -0.39 is 22.4 Å². The molecule has 2 rings (SSSR count). The topological polar surface area (TPSA) is 73.8 Å². The first-order chi connectivity index (χ1) is 21.2. The zero-order valence-corrected chi connectivity index (χ0v) is 33.9. The van der Waals surface area contributed by atoms with Gasteiger partial charge in [-0.1, -0.05) is 36.4 Å². The van der Waals surface area contributed by atoms with Gasteiger partial charge in [-0.05, 0) is 173 Å². The van der Waals surface area contributed by atoms with Crippen LogP contribution in [0.1, 0.15) is 161 Å². The Hall–Kier alpha value is -1.88. The summed E-state index contributed by atoms with van der Waals surface area (Å²) in [7, 11) is 0. The Labute approximate surface area is 292 Å². The van der Waals surface area contributed by atoms with Crippen molar-refractivity contribution in [3.8, 4) is 0 Å². The molecule has 0 bridgehead atoms. The Bertz CT molecular complexity index is 1080. The van der Waals surface area contributed by atoms with Crippen molar-refractivity contribution in [3.63, 3.8) is 0 Å². The van der Waals surface area contributed by atoms with Gasteiger partial charge in [-0.3, -0.25) is 0 Å². The highest BCUT2D eigenvalue weighted by molar-refractivity contribution is 5.31. The van der Waals surface area contributed by atoms with Crippen LogP contribution in [0.25, 0.3) is 0 Å². The van der Waals surface area contributed by atoms with Crippen LogP contribution in [0.3, 0.4) is 0 Å². The number of hydrogen-bond acceptors (Lipinski definition) is 8. The van der Waals surface area contributed by atoms with Crippen molar-refractivity contribution in [2.75, 3.05) is 0 Å². The van der Waals surface area contributed by atoms with Crippen molar-refractivity contribution < 1.29 is 39.1 Å². The van der Waals surface area contributed by atoms with E-state index in [0.29, 0.717) is 0 Å². The monoisotopic (exact) mass is 676 g/mol. The molecule has 0 atom stereocenters. The predicted octanol–water partition coefficient (Wildman–Crippen LogP) is 11.3. The van der Waals surface area contributed by atoms with E-state index in [2.05, 4.69) is 12.1 Å². The highest BCUT2D eigenvalue weighted by Gasteiger charge is 2.32. The average molecular weight is 677 g/mol.